The molecule has 0 amide bonds. The molecule has 0 spiro atoms. The van der Waals surface area contributed by atoms with Crippen LogP contribution in [0.15, 0.2) is 46.3 Å². The van der Waals surface area contributed by atoms with Gasteiger partial charge in [-0.2, -0.15) is 4.98 Å². The summed E-state index contributed by atoms with van der Waals surface area (Å²) in [6.07, 6.45) is 0.927. The van der Waals surface area contributed by atoms with Crippen molar-refractivity contribution >= 4 is 21.6 Å². The molecule has 3 N–H and O–H groups in total. The van der Waals surface area contributed by atoms with E-state index in [0.717, 1.165) is 6.20 Å². The average molecular weight is 295 g/mol. The first-order valence-electron chi connectivity index (χ1n) is 5.25. The van der Waals surface area contributed by atoms with Crippen molar-refractivity contribution in [2.24, 2.45) is 0 Å². The van der Waals surface area contributed by atoms with Crippen LogP contribution in [0, 0.1) is 10.1 Å². The van der Waals surface area contributed by atoms with E-state index in [1.165, 1.54) is 12.1 Å². The molecule has 0 aliphatic heterocycles. The summed E-state index contributed by atoms with van der Waals surface area (Å²) >= 11 is 0. The summed E-state index contributed by atoms with van der Waals surface area (Å²) in [5.74, 6) is -0.757. The lowest BCUT2D eigenvalue weighted by Gasteiger charge is -2.06. The van der Waals surface area contributed by atoms with Crippen LogP contribution in [-0.4, -0.2) is 23.4 Å². The van der Waals surface area contributed by atoms with Crippen LogP contribution in [0.2, 0.25) is 0 Å². The lowest BCUT2D eigenvalue weighted by atomic mass is 10.4. The van der Waals surface area contributed by atoms with Crippen LogP contribution in [0.4, 0.5) is 11.8 Å². The molecule has 0 saturated heterocycles. The molecule has 1 aromatic carbocycles. The van der Waals surface area contributed by atoms with Gasteiger partial charge in [-0.05, 0) is 12.1 Å². The molecule has 0 saturated carbocycles. The Bertz CT molecular complexity index is 747. The van der Waals surface area contributed by atoms with Gasteiger partial charge < -0.3 is 5.73 Å². The summed E-state index contributed by atoms with van der Waals surface area (Å²) in [5, 5.41) is 9.36. The third kappa shape index (κ3) is 2.64. The highest BCUT2D eigenvalue weighted by Crippen LogP contribution is 2.24. The molecule has 0 bridgehead atoms. The smallest absolute Gasteiger partial charge is 0.286 e. The quantitative estimate of drug-likeness (QED) is 0.613. The highest BCUT2D eigenvalue weighted by Gasteiger charge is 2.22. The predicted octanol–water partition coefficient (Wildman–Crippen LogP) is 0.495. The second kappa shape index (κ2) is 5.09. The van der Waals surface area contributed by atoms with Gasteiger partial charge in [0.15, 0.2) is 5.03 Å². The Balaban J connectivity index is 2.46. The van der Waals surface area contributed by atoms with E-state index in [9.17, 15) is 18.5 Å². The summed E-state index contributed by atoms with van der Waals surface area (Å²) < 4.78 is 24.5. The number of nitrogens with zero attached hydrogens (tertiary/aromatic N) is 3. The highest BCUT2D eigenvalue weighted by atomic mass is 32.2. The van der Waals surface area contributed by atoms with Crippen LogP contribution in [0.3, 0.4) is 0 Å². The molecule has 0 atom stereocenters. The summed E-state index contributed by atoms with van der Waals surface area (Å²) in [6.45, 7) is 0. The molecular formula is C10H9N5O4S. The van der Waals surface area contributed by atoms with Crippen molar-refractivity contribution in [3.05, 3.63) is 46.6 Å². The van der Waals surface area contributed by atoms with Gasteiger partial charge in [0.1, 0.15) is 10.7 Å². The van der Waals surface area contributed by atoms with Crippen molar-refractivity contribution in [2.45, 2.75) is 9.79 Å². The van der Waals surface area contributed by atoms with Crippen molar-refractivity contribution in [3.8, 4) is 0 Å². The number of nitrogens with two attached hydrogens (primary N) is 1. The number of nitrogen functional groups attached to an aromatic ring is 1. The second-order valence-corrected chi connectivity index (χ2v) is 5.55. The Morgan fingerprint density at radius 3 is 2.45 bits per heavy atom. The minimum Gasteiger partial charge on any atom is -0.382 e. The van der Waals surface area contributed by atoms with Crippen LogP contribution < -0.4 is 11.2 Å². The first-order chi connectivity index (χ1) is 9.41. The third-order valence-corrected chi connectivity index (χ3v) is 4.10. The van der Waals surface area contributed by atoms with Crippen molar-refractivity contribution in [1.82, 2.24) is 9.97 Å². The van der Waals surface area contributed by atoms with E-state index >= 15 is 0 Å². The zero-order chi connectivity index (χ0) is 14.8. The van der Waals surface area contributed by atoms with Gasteiger partial charge in [0.25, 0.3) is 5.95 Å². The maximum Gasteiger partial charge on any atom is 0.286 e. The van der Waals surface area contributed by atoms with Crippen LogP contribution in [0.5, 0.6) is 0 Å². The van der Waals surface area contributed by atoms with Gasteiger partial charge >= 0.3 is 0 Å². The summed E-state index contributed by atoms with van der Waals surface area (Å²) in [4.78, 5) is 17.1. The van der Waals surface area contributed by atoms with E-state index < -0.39 is 14.9 Å². The normalized spacial score (nSPS) is 11.0. The predicted molar refractivity (Wildman–Crippen MR) is 69.0 cm³/mol. The summed E-state index contributed by atoms with van der Waals surface area (Å²) in [5.41, 5.74) is 7.22. The number of hydrazine groups is 1. The van der Waals surface area contributed by atoms with E-state index in [2.05, 4.69) is 9.97 Å². The number of sulfone groups is 1. The molecule has 1 heterocycles. The standard InChI is InChI=1S/C10H9N5O4S/c11-9-8(6-12-10(13-9)14-15(16)17)20(18,19)7-4-2-1-3-5-7/h1-6H,(H3,11,12,13,14). The zero-order valence-corrected chi connectivity index (χ0v) is 10.7. The lowest BCUT2D eigenvalue weighted by Crippen LogP contribution is -2.14. The minimum atomic E-state index is -3.86. The molecule has 0 aliphatic carbocycles. The Morgan fingerprint density at radius 1 is 1.25 bits per heavy atom. The monoisotopic (exact) mass is 295 g/mol. The van der Waals surface area contributed by atoms with Crippen molar-refractivity contribution in [1.29, 1.82) is 0 Å². The Kier molecular flexibility index (Phi) is 3.48. The molecule has 0 radical (unpaired) electrons. The van der Waals surface area contributed by atoms with Gasteiger partial charge in [-0.1, -0.05) is 23.6 Å². The first kappa shape index (κ1) is 13.7. The average Bonchev–Trinajstić information content (AvgIpc) is 2.38. The van der Waals surface area contributed by atoms with Crippen LogP contribution in [0.25, 0.3) is 0 Å². The van der Waals surface area contributed by atoms with E-state index in [0.29, 0.717) is 0 Å². The Morgan fingerprint density at radius 2 is 1.90 bits per heavy atom. The van der Waals surface area contributed by atoms with E-state index in [-0.39, 0.29) is 21.6 Å². The fourth-order valence-corrected chi connectivity index (χ4v) is 2.73. The zero-order valence-electron chi connectivity index (χ0n) is 9.92. The molecule has 0 fully saturated rings. The summed E-state index contributed by atoms with van der Waals surface area (Å²) in [7, 11) is -3.86. The van der Waals surface area contributed by atoms with Gasteiger partial charge in [0.2, 0.25) is 9.84 Å². The third-order valence-electron chi connectivity index (χ3n) is 2.32. The molecular weight excluding hydrogens is 286 g/mol. The largest absolute Gasteiger partial charge is 0.382 e. The number of anilines is 2. The highest BCUT2D eigenvalue weighted by molar-refractivity contribution is 7.91. The number of rotatable bonds is 4. The Hall–Kier alpha value is -2.75. The van der Waals surface area contributed by atoms with E-state index in [1.54, 1.807) is 23.6 Å². The molecule has 0 aliphatic rings. The fourth-order valence-electron chi connectivity index (χ4n) is 1.45. The molecule has 1 aromatic heterocycles. The molecule has 2 rings (SSSR count). The second-order valence-electron chi connectivity index (χ2n) is 3.63. The van der Waals surface area contributed by atoms with Gasteiger partial charge in [-0.25, -0.2) is 23.5 Å². The maximum atomic E-state index is 12.3. The SMILES string of the molecule is Nc1nc(N[N+](=O)[O-])ncc1S(=O)(=O)c1ccccc1. The molecule has 104 valence electrons. The number of benzene rings is 1. The van der Waals surface area contributed by atoms with Crippen LogP contribution >= 0.6 is 0 Å². The number of hydrogen-bond acceptors (Lipinski definition) is 7. The van der Waals surface area contributed by atoms with Crippen molar-refractivity contribution in [2.75, 3.05) is 11.2 Å². The number of nitrogens with one attached hydrogen (secondary N) is 1. The maximum absolute atomic E-state index is 12.3. The van der Waals surface area contributed by atoms with Gasteiger partial charge in [-0.15, -0.1) is 0 Å². The molecule has 9 nitrogen and oxygen atoms in total. The minimum absolute atomic E-state index is 0.0327. The van der Waals surface area contributed by atoms with Crippen molar-refractivity contribution < 1.29 is 13.5 Å². The molecule has 0 unspecified atom stereocenters. The van der Waals surface area contributed by atoms with Crippen LogP contribution in [0.1, 0.15) is 0 Å². The number of nitro groups is 1. The number of aromatic nitrogens is 2. The van der Waals surface area contributed by atoms with Gasteiger partial charge in [0.05, 0.1) is 11.1 Å². The fraction of sp³-hybridized carbons (Fsp3) is 0. The summed E-state index contributed by atoms with van der Waals surface area (Å²) in [6, 6.07) is 7.60. The van der Waals surface area contributed by atoms with E-state index in [4.69, 9.17) is 5.73 Å². The first-order valence-corrected chi connectivity index (χ1v) is 6.73. The molecule has 2 aromatic rings. The van der Waals surface area contributed by atoms with Crippen molar-refractivity contribution in [3.63, 3.8) is 0 Å². The molecule has 20 heavy (non-hydrogen) atoms. The topological polar surface area (TPSA) is 141 Å². The lowest BCUT2D eigenvalue weighted by molar-refractivity contribution is -0.446. The Labute approximate surface area is 113 Å². The molecule has 10 heteroatoms. The van der Waals surface area contributed by atoms with Gasteiger partial charge in [0, 0.05) is 0 Å². The van der Waals surface area contributed by atoms with Gasteiger partial charge in [-0.3, -0.25) is 0 Å². The van der Waals surface area contributed by atoms with E-state index in [1.807, 2.05) is 0 Å². The number of hydrogen-bond donors (Lipinski definition) is 2. The van der Waals surface area contributed by atoms with Crippen LogP contribution in [-0.2, 0) is 9.84 Å².